The van der Waals surface area contributed by atoms with E-state index in [2.05, 4.69) is 65.0 Å². The molecule has 0 bridgehead atoms. The Labute approximate surface area is 213 Å². The Morgan fingerprint density at radius 3 is 2.77 bits per heavy atom. The summed E-state index contributed by atoms with van der Waals surface area (Å²) in [5.41, 5.74) is 3.89. The molecule has 184 valence electrons. The van der Waals surface area contributed by atoms with Crippen molar-refractivity contribution >= 4 is 17.9 Å². The number of nitriles is 2. The third kappa shape index (κ3) is 6.91. The van der Waals surface area contributed by atoms with Gasteiger partial charge in [-0.3, -0.25) is 4.90 Å². The summed E-state index contributed by atoms with van der Waals surface area (Å²) in [6, 6.07) is 15.1. The summed E-state index contributed by atoms with van der Waals surface area (Å²) in [5.74, 6) is 1.47. The van der Waals surface area contributed by atoms with Crippen molar-refractivity contribution in [2.75, 3.05) is 37.3 Å². The van der Waals surface area contributed by atoms with Gasteiger partial charge >= 0.3 is 0 Å². The highest BCUT2D eigenvalue weighted by atomic mass is 32.2. The van der Waals surface area contributed by atoms with Crippen LogP contribution < -0.4 is 14.4 Å². The van der Waals surface area contributed by atoms with E-state index < -0.39 is 0 Å². The van der Waals surface area contributed by atoms with E-state index in [-0.39, 0.29) is 5.92 Å². The minimum atomic E-state index is 0.236. The molecule has 2 heterocycles. The number of rotatable bonds is 13. The number of hydrogen-bond donors (Lipinski definition) is 1. The summed E-state index contributed by atoms with van der Waals surface area (Å²) in [7, 11) is 0. The Hall–Kier alpha value is -3.20. The predicted octanol–water partition coefficient (Wildman–Crippen LogP) is 4.65. The van der Waals surface area contributed by atoms with E-state index in [4.69, 9.17) is 9.17 Å². The van der Waals surface area contributed by atoms with E-state index >= 15 is 0 Å². The van der Waals surface area contributed by atoms with Crippen molar-refractivity contribution < 1.29 is 4.18 Å². The molecule has 2 aromatic rings. The van der Waals surface area contributed by atoms with E-state index in [0.717, 1.165) is 49.4 Å². The molecule has 3 rings (SSSR count). The summed E-state index contributed by atoms with van der Waals surface area (Å²) >= 11 is 1.19. The number of hydrogen-bond acceptors (Lipinski definition) is 8. The molecule has 0 saturated heterocycles. The maximum Gasteiger partial charge on any atom is 0.248 e. The van der Waals surface area contributed by atoms with E-state index in [0.29, 0.717) is 37.5 Å². The molecular formula is C27H34N6OS. The highest BCUT2D eigenvalue weighted by Gasteiger charge is 2.29. The van der Waals surface area contributed by atoms with Crippen LogP contribution in [0.1, 0.15) is 42.0 Å². The quantitative estimate of drug-likeness (QED) is 0.321. The van der Waals surface area contributed by atoms with Crippen molar-refractivity contribution in [2.45, 2.75) is 39.3 Å². The molecule has 1 aliphatic heterocycles. The van der Waals surface area contributed by atoms with Gasteiger partial charge in [-0.05, 0) is 29.7 Å². The summed E-state index contributed by atoms with van der Waals surface area (Å²) in [6.45, 7) is 10.4. The lowest BCUT2D eigenvalue weighted by Crippen LogP contribution is -2.38. The number of pyridine rings is 1. The number of aromatic nitrogens is 1. The number of fused-ring (bicyclic) bond motifs is 1. The topological polar surface area (TPSA) is 88.2 Å². The predicted molar refractivity (Wildman–Crippen MR) is 142 cm³/mol. The number of nitrogens with one attached hydrogen (secondary N) is 1. The Kier molecular flexibility index (Phi) is 10.3. The molecule has 1 N–H and O–H groups in total. The van der Waals surface area contributed by atoms with Crippen LogP contribution in [0.15, 0.2) is 43.1 Å². The van der Waals surface area contributed by atoms with Crippen LogP contribution in [-0.2, 0) is 19.5 Å². The minimum Gasteiger partial charge on any atom is -0.405 e. The van der Waals surface area contributed by atoms with Crippen LogP contribution >= 0.6 is 12.0 Å². The molecule has 1 atom stereocenters. The Morgan fingerprint density at radius 2 is 2.11 bits per heavy atom. The Bertz CT molecular complexity index is 1060. The van der Waals surface area contributed by atoms with Gasteiger partial charge in [0.25, 0.3) is 0 Å². The second-order valence-corrected chi connectivity index (χ2v) is 9.12. The Morgan fingerprint density at radius 1 is 1.31 bits per heavy atom. The zero-order valence-corrected chi connectivity index (χ0v) is 21.5. The maximum absolute atomic E-state index is 10.1. The summed E-state index contributed by atoms with van der Waals surface area (Å²) < 4.78 is 5.80. The summed E-state index contributed by atoms with van der Waals surface area (Å²) in [4.78, 5) is 9.51. The molecule has 1 aromatic carbocycles. The Balaban J connectivity index is 2.01. The van der Waals surface area contributed by atoms with Gasteiger partial charge in [0.2, 0.25) is 5.88 Å². The lowest BCUT2D eigenvalue weighted by molar-refractivity contribution is 0.244. The third-order valence-corrected chi connectivity index (χ3v) is 6.67. The average molecular weight is 491 g/mol. The molecule has 7 nitrogen and oxygen atoms in total. The molecule has 0 aliphatic carbocycles. The highest BCUT2D eigenvalue weighted by Crippen LogP contribution is 2.36. The molecule has 35 heavy (non-hydrogen) atoms. The molecule has 8 heteroatoms. The molecule has 0 fully saturated rings. The van der Waals surface area contributed by atoms with E-state index in [1.807, 2.05) is 12.3 Å². The van der Waals surface area contributed by atoms with E-state index in [9.17, 15) is 10.5 Å². The molecule has 0 saturated carbocycles. The minimum absolute atomic E-state index is 0.236. The van der Waals surface area contributed by atoms with Crippen molar-refractivity contribution in [3.63, 3.8) is 0 Å². The van der Waals surface area contributed by atoms with Crippen LogP contribution in [0.5, 0.6) is 5.88 Å². The number of nitrogens with zero attached hydrogens (tertiary/aromatic N) is 5. The fourth-order valence-electron chi connectivity index (χ4n) is 4.50. The van der Waals surface area contributed by atoms with Crippen LogP contribution in [0.25, 0.3) is 0 Å². The zero-order chi connectivity index (χ0) is 25.0. The van der Waals surface area contributed by atoms with Crippen LogP contribution in [-0.4, -0.2) is 42.3 Å². The standard InChI is InChI=1S/C27H34N6OS/c1-4-21(11-13-28)19-33(16-14-30-5-2)26-23-12-15-32(18-22-9-7-6-8-10-22)20-25(23)24(17-29)27(31-26)34-35-3/h5-10,21,30H,2,4,11-12,14-16,18-20H2,1,3H3. The van der Waals surface area contributed by atoms with Crippen molar-refractivity contribution in [2.24, 2.45) is 5.92 Å². The average Bonchev–Trinajstić information content (AvgIpc) is 2.88. The molecule has 0 amide bonds. The normalized spacial score (nSPS) is 13.7. The van der Waals surface area contributed by atoms with Crippen LogP contribution in [0, 0.1) is 28.6 Å². The summed E-state index contributed by atoms with van der Waals surface area (Å²) in [6.07, 6.45) is 5.74. The second kappa shape index (κ2) is 13.6. The highest BCUT2D eigenvalue weighted by molar-refractivity contribution is 7.94. The molecule has 1 aromatic heterocycles. The molecule has 0 radical (unpaired) electrons. The lowest BCUT2D eigenvalue weighted by Gasteiger charge is -2.35. The van der Waals surface area contributed by atoms with Crippen LogP contribution in [0.3, 0.4) is 0 Å². The van der Waals surface area contributed by atoms with Gasteiger partial charge in [-0.1, -0.05) is 50.3 Å². The van der Waals surface area contributed by atoms with Gasteiger partial charge < -0.3 is 14.4 Å². The third-order valence-electron chi connectivity index (χ3n) is 6.35. The van der Waals surface area contributed by atoms with Gasteiger partial charge in [0.15, 0.2) is 0 Å². The number of anilines is 1. The molecular weight excluding hydrogens is 456 g/mol. The second-order valence-electron chi connectivity index (χ2n) is 8.62. The van der Waals surface area contributed by atoms with Crippen LogP contribution in [0.2, 0.25) is 0 Å². The van der Waals surface area contributed by atoms with Gasteiger partial charge in [-0.25, -0.2) is 0 Å². The first-order valence-corrected chi connectivity index (χ1v) is 13.2. The number of benzene rings is 1. The fraction of sp³-hybridized carbons (Fsp3) is 0.444. The monoisotopic (exact) mass is 490 g/mol. The van der Waals surface area contributed by atoms with Crippen molar-refractivity contribution in [1.82, 2.24) is 15.2 Å². The van der Waals surface area contributed by atoms with Crippen molar-refractivity contribution in [3.05, 3.63) is 65.4 Å². The smallest absolute Gasteiger partial charge is 0.248 e. The first-order chi connectivity index (χ1) is 17.1. The van der Waals surface area contributed by atoms with Crippen LogP contribution in [0.4, 0.5) is 5.82 Å². The first-order valence-electron chi connectivity index (χ1n) is 12.0. The van der Waals surface area contributed by atoms with Gasteiger partial charge in [0.05, 0.1) is 18.1 Å². The van der Waals surface area contributed by atoms with E-state index in [1.54, 1.807) is 6.20 Å². The van der Waals surface area contributed by atoms with Gasteiger partial charge in [0, 0.05) is 57.5 Å². The summed E-state index contributed by atoms with van der Waals surface area (Å²) in [5, 5.41) is 22.6. The van der Waals surface area contributed by atoms with Crippen molar-refractivity contribution in [1.29, 1.82) is 10.5 Å². The molecule has 1 unspecified atom stereocenters. The fourth-order valence-corrected chi connectivity index (χ4v) is 4.78. The molecule has 1 aliphatic rings. The van der Waals surface area contributed by atoms with Gasteiger partial charge in [0.1, 0.15) is 17.5 Å². The van der Waals surface area contributed by atoms with Gasteiger partial charge in [-0.15, -0.1) is 0 Å². The van der Waals surface area contributed by atoms with E-state index in [1.165, 1.54) is 17.6 Å². The lowest BCUT2D eigenvalue weighted by atomic mass is 9.94. The molecule has 0 spiro atoms. The van der Waals surface area contributed by atoms with Crippen molar-refractivity contribution in [3.8, 4) is 18.0 Å². The first kappa shape index (κ1) is 26.4. The largest absolute Gasteiger partial charge is 0.405 e. The van der Waals surface area contributed by atoms with Gasteiger partial charge in [-0.2, -0.15) is 15.5 Å². The maximum atomic E-state index is 10.1. The SMILES string of the molecule is C=CNCCN(CC(CC)CC#N)c1nc(OSC)c(C#N)c2c1CCN(Cc1ccccc1)C2. The zero-order valence-electron chi connectivity index (χ0n) is 20.7.